The summed E-state index contributed by atoms with van der Waals surface area (Å²) in [5.74, 6) is -4.91. The SMILES string of the molecule is C=CC(=O)O.C=CC(=O)O.C=CC(=O)O.C=CC(=O)O.C=CC(=O)O.OCC(CO)(CO)CO.OCC(CO)(CO)CO.OCC(CO)(CO)CO. The van der Waals surface area contributed by atoms with Crippen LogP contribution in [0.1, 0.15) is 0 Å². The Morgan fingerprint density at radius 2 is 0.346 bits per heavy atom. The highest BCUT2D eigenvalue weighted by molar-refractivity contribution is 5.80. The van der Waals surface area contributed by atoms with Crippen LogP contribution in [-0.2, 0) is 24.0 Å². The molecule has 0 aromatic carbocycles. The van der Waals surface area contributed by atoms with Crippen molar-refractivity contribution < 1.29 is 111 Å². The summed E-state index contributed by atoms with van der Waals surface area (Å²) >= 11 is 0. The summed E-state index contributed by atoms with van der Waals surface area (Å²) in [6, 6.07) is 0. The third-order valence-corrected chi connectivity index (χ3v) is 4.90. The molecule has 17 N–H and O–H groups in total. The molecule has 0 unspecified atom stereocenters. The maximum absolute atomic E-state index is 9.25. The molecule has 0 saturated heterocycles. The summed E-state index contributed by atoms with van der Waals surface area (Å²) in [5.41, 5.74) is -3.33. The lowest BCUT2D eigenvalue weighted by atomic mass is 9.93. The van der Waals surface area contributed by atoms with Crippen LogP contribution in [0.4, 0.5) is 0 Å². The molecule has 308 valence electrons. The van der Waals surface area contributed by atoms with Gasteiger partial charge in [-0.1, -0.05) is 32.9 Å². The van der Waals surface area contributed by atoms with Crippen molar-refractivity contribution in [3.05, 3.63) is 63.3 Å². The van der Waals surface area contributed by atoms with E-state index < -0.39 is 125 Å². The van der Waals surface area contributed by atoms with Crippen LogP contribution in [0.5, 0.6) is 0 Å². The van der Waals surface area contributed by atoms with E-state index in [1.165, 1.54) is 0 Å². The zero-order valence-corrected chi connectivity index (χ0v) is 28.6. The van der Waals surface area contributed by atoms with Gasteiger partial charge in [-0.25, -0.2) is 24.0 Å². The fourth-order valence-corrected chi connectivity index (χ4v) is 0.900. The molecule has 0 bridgehead atoms. The zero-order chi connectivity index (χ0) is 43.4. The van der Waals surface area contributed by atoms with Gasteiger partial charge in [0.1, 0.15) is 0 Å². The van der Waals surface area contributed by atoms with Crippen LogP contribution in [-0.4, -0.2) is 196 Å². The Morgan fingerprint density at radius 3 is 0.346 bits per heavy atom. The van der Waals surface area contributed by atoms with Crippen molar-refractivity contribution in [3.63, 3.8) is 0 Å². The Labute approximate surface area is 299 Å². The molecule has 0 radical (unpaired) electrons. The Hall–Kier alpha value is -4.43. The second kappa shape index (κ2) is 46.6. The standard InChI is InChI=1S/3C5H12O4.5C3H4O2/c3*6-1-5(2-7,3-8)4-9;5*1-2-3(4)5/h3*6-9H,1-4H2;5*2H,1H2,(H,4,5). The first-order valence-corrected chi connectivity index (χ1v) is 13.7. The van der Waals surface area contributed by atoms with Crippen LogP contribution in [0, 0.1) is 16.2 Å². The lowest BCUT2D eigenvalue weighted by Crippen LogP contribution is -2.37. The average Bonchev–Trinajstić information content (AvgIpc) is 3.16. The fraction of sp³-hybridized carbons (Fsp3) is 0.500. The minimum atomic E-state index is -1.11. The minimum Gasteiger partial charge on any atom is -0.478 e. The first-order chi connectivity index (χ1) is 24.1. The summed E-state index contributed by atoms with van der Waals surface area (Å²) in [7, 11) is 0. The Morgan fingerprint density at radius 1 is 0.288 bits per heavy atom. The molecular formula is C30H56O22. The lowest BCUT2D eigenvalue weighted by molar-refractivity contribution is -0.132. The van der Waals surface area contributed by atoms with Gasteiger partial charge in [-0.3, -0.25) is 0 Å². The van der Waals surface area contributed by atoms with Gasteiger partial charge in [0.2, 0.25) is 0 Å². The van der Waals surface area contributed by atoms with E-state index in [0.717, 1.165) is 30.4 Å². The average molecular weight is 769 g/mol. The molecule has 0 aliphatic carbocycles. The molecule has 0 atom stereocenters. The molecule has 0 aliphatic rings. The van der Waals surface area contributed by atoms with E-state index in [1.807, 2.05) is 0 Å². The van der Waals surface area contributed by atoms with E-state index >= 15 is 0 Å². The molecule has 0 saturated carbocycles. The molecule has 0 aromatic heterocycles. The van der Waals surface area contributed by atoms with Crippen LogP contribution in [0.15, 0.2) is 63.3 Å². The van der Waals surface area contributed by atoms with Crippen molar-refractivity contribution in [2.24, 2.45) is 16.2 Å². The predicted octanol–water partition coefficient (Wildman–Crippen LogP) is -4.89. The second-order valence-corrected chi connectivity index (χ2v) is 9.11. The highest BCUT2D eigenvalue weighted by atomic mass is 16.4. The molecular weight excluding hydrogens is 712 g/mol. The molecule has 0 aliphatic heterocycles. The van der Waals surface area contributed by atoms with Crippen LogP contribution in [0.25, 0.3) is 0 Å². The van der Waals surface area contributed by atoms with Crippen molar-refractivity contribution in [3.8, 4) is 0 Å². The summed E-state index contributed by atoms with van der Waals surface area (Å²) in [4.78, 5) is 46.2. The number of carboxylic acid groups (broad SMARTS) is 5. The molecule has 22 heteroatoms. The molecule has 0 heterocycles. The topological polar surface area (TPSA) is 429 Å². The van der Waals surface area contributed by atoms with E-state index in [-0.39, 0.29) is 0 Å². The molecule has 22 nitrogen and oxygen atoms in total. The number of aliphatic hydroxyl groups excluding tert-OH is 12. The van der Waals surface area contributed by atoms with Crippen molar-refractivity contribution in [1.82, 2.24) is 0 Å². The Kier molecular flexibility index (Phi) is 59.0. The van der Waals surface area contributed by atoms with Crippen molar-refractivity contribution in [2.75, 3.05) is 79.3 Å². The molecule has 52 heavy (non-hydrogen) atoms. The van der Waals surface area contributed by atoms with Crippen LogP contribution < -0.4 is 0 Å². The van der Waals surface area contributed by atoms with Gasteiger partial charge in [-0.05, 0) is 0 Å². The predicted molar refractivity (Wildman–Crippen MR) is 181 cm³/mol. The smallest absolute Gasteiger partial charge is 0.327 e. The summed E-state index contributed by atoms with van der Waals surface area (Å²) in [5, 5.41) is 140. The second-order valence-electron chi connectivity index (χ2n) is 9.11. The number of carboxylic acids is 5. The quantitative estimate of drug-likeness (QED) is 0.0617. The number of aliphatic hydroxyl groups is 12. The Balaban J connectivity index is -0.0000000721. The van der Waals surface area contributed by atoms with Crippen molar-refractivity contribution in [2.45, 2.75) is 0 Å². The van der Waals surface area contributed by atoms with E-state index in [4.69, 9.17) is 86.8 Å². The monoisotopic (exact) mass is 768 g/mol. The Bertz CT molecular complexity index is 733. The largest absolute Gasteiger partial charge is 0.478 e. The first-order valence-electron chi connectivity index (χ1n) is 13.7. The van der Waals surface area contributed by atoms with Gasteiger partial charge in [0.15, 0.2) is 0 Å². The van der Waals surface area contributed by atoms with Gasteiger partial charge >= 0.3 is 29.8 Å². The van der Waals surface area contributed by atoms with Crippen molar-refractivity contribution >= 4 is 29.8 Å². The fourth-order valence-electron chi connectivity index (χ4n) is 0.900. The van der Waals surface area contributed by atoms with E-state index in [1.54, 1.807) is 0 Å². The number of hydrogen-bond donors (Lipinski definition) is 17. The minimum absolute atomic E-state index is 0.406. The third kappa shape index (κ3) is 52.4. The third-order valence-electron chi connectivity index (χ3n) is 4.90. The maximum Gasteiger partial charge on any atom is 0.327 e. The number of aliphatic carboxylic acids is 5. The van der Waals surface area contributed by atoms with E-state index in [0.29, 0.717) is 0 Å². The molecule has 0 spiro atoms. The van der Waals surface area contributed by atoms with Crippen LogP contribution >= 0.6 is 0 Å². The number of hydrogen-bond acceptors (Lipinski definition) is 17. The van der Waals surface area contributed by atoms with E-state index in [2.05, 4.69) is 32.9 Å². The highest BCUT2D eigenvalue weighted by Crippen LogP contribution is 2.13. The van der Waals surface area contributed by atoms with Crippen LogP contribution in [0.3, 0.4) is 0 Å². The molecule has 0 amide bonds. The number of carbonyl (C=O) groups is 5. The van der Waals surface area contributed by atoms with Crippen LogP contribution in [0.2, 0.25) is 0 Å². The van der Waals surface area contributed by atoms with Gasteiger partial charge < -0.3 is 86.8 Å². The highest BCUT2D eigenvalue weighted by Gasteiger charge is 2.27. The van der Waals surface area contributed by atoms with Gasteiger partial charge in [0, 0.05) is 30.4 Å². The van der Waals surface area contributed by atoms with Crippen molar-refractivity contribution in [1.29, 1.82) is 0 Å². The lowest BCUT2D eigenvalue weighted by Gasteiger charge is -2.23. The summed E-state index contributed by atoms with van der Waals surface area (Å²) in [6.07, 6.45) is 4.17. The van der Waals surface area contributed by atoms with Gasteiger partial charge in [0.25, 0.3) is 0 Å². The maximum atomic E-state index is 9.25. The summed E-state index contributed by atoms with van der Waals surface area (Å²) in [6.45, 7) is 9.93. The van der Waals surface area contributed by atoms with Gasteiger partial charge in [0.05, 0.1) is 95.5 Å². The van der Waals surface area contributed by atoms with Gasteiger partial charge in [-0.15, -0.1) is 0 Å². The zero-order valence-electron chi connectivity index (χ0n) is 28.6. The van der Waals surface area contributed by atoms with E-state index in [9.17, 15) is 24.0 Å². The van der Waals surface area contributed by atoms with Gasteiger partial charge in [-0.2, -0.15) is 0 Å². The molecule has 0 fully saturated rings. The normalized spacial score (nSPS) is 9.31. The molecule has 0 rings (SSSR count). The first kappa shape index (κ1) is 65.9. The number of rotatable bonds is 17. The molecule has 0 aromatic rings. The summed E-state index contributed by atoms with van der Waals surface area (Å²) < 4.78 is 0.